The lowest BCUT2D eigenvalue weighted by atomic mass is 10.2. The Morgan fingerprint density at radius 1 is 1.24 bits per heavy atom. The SMILES string of the molecule is CCNC(=NCc1cccnc1N1CCOCC1)N(C)Cc1ccc(F)cc1.I. The van der Waals surface area contributed by atoms with Crippen LogP contribution in [0.1, 0.15) is 18.1 Å². The summed E-state index contributed by atoms with van der Waals surface area (Å²) in [6, 6.07) is 10.6. The highest BCUT2D eigenvalue weighted by molar-refractivity contribution is 14.0. The zero-order chi connectivity index (χ0) is 19.8. The van der Waals surface area contributed by atoms with Crippen LogP contribution < -0.4 is 10.2 Å². The van der Waals surface area contributed by atoms with Crippen LogP contribution in [0.15, 0.2) is 47.6 Å². The number of hydrogen-bond donors (Lipinski definition) is 1. The third kappa shape index (κ3) is 6.81. The molecule has 29 heavy (non-hydrogen) atoms. The highest BCUT2D eigenvalue weighted by Crippen LogP contribution is 2.19. The van der Waals surface area contributed by atoms with Crippen molar-refractivity contribution in [3.63, 3.8) is 0 Å². The predicted molar refractivity (Wildman–Crippen MR) is 125 cm³/mol. The van der Waals surface area contributed by atoms with Crippen LogP contribution in [0.25, 0.3) is 0 Å². The van der Waals surface area contributed by atoms with Crippen molar-refractivity contribution in [2.75, 3.05) is 44.8 Å². The van der Waals surface area contributed by atoms with Crippen molar-refractivity contribution in [3.05, 3.63) is 59.5 Å². The highest BCUT2D eigenvalue weighted by Gasteiger charge is 2.16. The molecule has 0 bridgehead atoms. The van der Waals surface area contributed by atoms with Gasteiger partial charge in [0.05, 0.1) is 19.8 Å². The van der Waals surface area contributed by atoms with Crippen molar-refractivity contribution in [2.45, 2.75) is 20.0 Å². The molecule has 1 aromatic carbocycles. The summed E-state index contributed by atoms with van der Waals surface area (Å²) in [4.78, 5) is 13.7. The number of nitrogens with one attached hydrogen (secondary N) is 1. The quantitative estimate of drug-likeness (QED) is 0.365. The average Bonchev–Trinajstić information content (AvgIpc) is 2.73. The highest BCUT2D eigenvalue weighted by atomic mass is 127. The Morgan fingerprint density at radius 3 is 2.66 bits per heavy atom. The van der Waals surface area contributed by atoms with Crippen LogP contribution in [0, 0.1) is 5.82 Å². The molecule has 8 heteroatoms. The van der Waals surface area contributed by atoms with Crippen molar-refractivity contribution in [3.8, 4) is 0 Å². The Kier molecular flexibility index (Phi) is 9.59. The third-order valence-corrected chi connectivity index (χ3v) is 4.61. The lowest BCUT2D eigenvalue weighted by Crippen LogP contribution is -2.39. The van der Waals surface area contributed by atoms with E-state index in [9.17, 15) is 4.39 Å². The topological polar surface area (TPSA) is 53.0 Å². The molecule has 1 aromatic heterocycles. The van der Waals surface area contributed by atoms with Gasteiger partial charge in [0.25, 0.3) is 0 Å². The Morgan fingerprint density at radius 2 is 1.97 bits per heavy atom. The summed E-state index contributed by atoms with van der Waals surface area (Å²) >= 11 is 0. The largest absolute Gasteiger partial charge is 0.378 e. The molecule has 0 aliphatic carbocycles. The van der Waals surface area contributed by atoms with E-state index in [-0.39, 0.29) is 29.8 Å². The summed E-state index contributed by atoms with van der Waals surface area (Å²) < 4.78 is 18.6. The van der Waals surface area contributed by atoms with Gasteiger partial charge in [-0.2, -0.15) is 0 Å². The molecule has 158 valence electrons. The summed E-state index contributed by atoms with van der Waals surface area (Å²) in [5.74, 6) is 1.56. The van der Waals surface area contributed by atoms with Crippen molar-refractivity contribution in [1.82, 2.24) is 15.2 Å². The van der Waals surface area contributed by atoms with Crippen LogP contribution >= 0.6 is 24.0 Å². The molecule has 0 saturated carbocycles. The van der Waals surface area contributed by atoms with Crippen molar-refractivity contribution < 1.29 is 9.13 Å². The van der Waals surface area contributed by atoms with Crippen LogP contribution in [0.2, 0.25) is 0 Å². The predicted octanol–water partition coefficient (Wildman–Crippen LogP) is 3.27. The zero-order valence-electron chi connectivity index (χ0n) is 17.0. The number of benzene rings is 1. The average molecular weight is 513 g/mol. The number of hydrogen-bond acceptors (Lipinski definition) is 4. The Labute approximate surface area is 189 Å². The molecule has 0 atom stereocenters. The van der Waals surface area contributed by atoms with E-state index in [1.165, 1.54) is 12.1 Å². The molecule has 1 saturated heterocycles. The third-order valence-electron chi connectivity index (χ3n) is 4.61. The van der Waals surface area contributed by atoms with Gasteiger partial charge in [-0.1, -0.05) is 18.2 Å². The van der Waals surface area contributed by atoms with E-state index in [1.54, 1.807) is 12.1 Å². The van der Waals surface area contributed by atoms with Gasteiger partial charge in [-0.05, 0) is 30.7 Å². The second-order valence-corrected chi connectivity index (χ2v) is 6.74. The Hall–Kier alpha value is -1.94. The molecule has 0 spiro atoms. The lowest BCUT2D eigenvalue weighted by molar-refractivity contribution is 0.122. The number of guanidine groups is 1. The standard InChI is InChI=1S/C21H28FN5O.HI/c1-3-23-21(26(2)16-17-6-8-19(22)9-7-17)25-15-18-5-4-10-24-20(18)27-11-13-28-14-12-27;/h4-10H,3,11-16H2,1-2H3,(H,23,25);1H. The molecular formula is C21H29FIN5O. The maximum atomic E-state index is 13.1. The molecule has 3 rings (SSSR count). The molecule has 0 unspecified atom stereocenters. The van der Waals surface area contributed by atoms with Crippen molar-refractivity contribution in [1.29, 1.82) is 0 Å². The van der Waals surface area contributed by atoms with Crippen molar-refractivity contribution >= 4 is 35.8 Å². The minimum atomic E-state index is -0.223. The van der Waals surface area contributed by atoms with E-state index in [1.807, 2.05) is 31.1 Å². The zero-order valence-corrected chi connectivity index (χ0v) is 19.3. The van der Waals surface area contributed by atoms with Gasteiger partial charge in [-0.3, -0.25) is 0 Å². The molecule has 2 heterocycles. The molecule has 1 aliphatic rings. The van der Waals surface area contributed by atoms with E-state index in [2.05, 4.69) is 21.3 Å². The Balaban J connectivity index is 0.00000300. The second kappa shape index (κ2) is 11.9. The van der Waals surface area contributed by atoms with Crippen LogP contribution in [-0.4, -0.2) is 55.7 Å². The van der Waals surface area contributed by atoms with E-state index in [0.29, 0.717) is 13.1 Å². The fraction of sp³-hybridized carbons (Fsp3) is 0.429. The van der Waals surface area contributed by atoms with Gasteiger partial charge in [-0.25, -0.2) is 14.4 Å². The monoisotopic (exact) mass is 513 g/mol. The molecule has 1 N–H and O–H groups in total. The molecular weight excluding hydrogens is 484 g/mol. The van der Waals surface area contributed by atoms with Gasteiger partial charge in [0.15, 0.2) is 5.96 Å². The molecule has 6 nitrogen and oxygen atoms in total. The lowest BCUT2D eigenvalue weighted by Gasteiger charge is -2.29. The van der Waals surface area contributed by atoms with E-state index < -0.39 is 0 Å². The molecule has 2 aromatic rings. The van der Waals surface area contributed by atoms with Crippen LogP contribution in [0.4, 0.5) is 10.2 Å². The van der Waals surface area contributed by atoms with Crippen LogP contribution in [0.5, 0.6) is 0 Å². The van der Waals surface area contributed by atoms with Gasteiger partial charge in [-0.15, -0.1) is 24.0 Å². The van der Waals surface area contributed by atoms with Crippen LogP contribution in [0.3, 0.4) is 0 Å². The number of ether oxygens (including phenoxy) is 1. The van der Waals surface area contributed by atoms with E-state index >= 15 is 0 Å². The first kappa shape index (κ1) is 23.3. The number of halogens is 2. The number of aromatic nitrogens is 1. The second-order valence-electron chi connectivity index (χ2n) is 6.74. The van der Waals surface area contributed by atoms with E-state index in [4.69, 9.17) is 9.73 Å². The maximum Gasteiger partial charge on any atom is 0.194 e. The van der Waals surface area contributed by atoms with Gasteiger partial charge in [0, 0.05) is 45.0 Å². The smallest absolute Gasteiger partial charge is 0.194 e. The molecule has 1 aliphatic heterocycles. The number of nitrogens with zero attached hydrogens (tertiary/aromatic N) is 4. The minimum absolute atomic E-state index is 0. The number of aliphatic imine (C=N–C) groups is 1. The summed E-state index contributed by atoms with van der Waals surface area (Å²) in [7, 11) is 1.98. The van der Waals surface area contributed by atoms with Crippen molar-refractivity contribution in [2.24, 2.45) is 4.99 Å². The fourth-order valence-electron chi connectivity index (χ4n) is 3.18. The van der Waals surface area contributed by atoms with Crippen LogP contribution in [-0.2, 0) is 17.8 Å². The van der Waals surface area contributed by atoms with Gasteiger partial charge >= 0.3 is 0 Å². The first-order valence-electron chi connectivity index (χ1n) is 9.68. The summed E-state index contributed by atoms with van der Waals surface area (Å²) in [5.41, 5.74) is 2.12. The first-order valence-corrected chi connectivity index (χ1v) is 9.68. The number of anilines is 1. The molecule has 0 amide bonds. The van der Waals surface area contributed by atoms with Gasteiger partial charge < -0.3 is 19.9 Å². The fourth-order valence-corrected chi connectivity index (χ4v) is 3.18. The first-order chi connectivity index (χ1) is 13.7. The Bertz CT molecular complexity index is 781. The van der Waals surface area contributed by atoms with Gasteiger partial charge in [0.1, 0.15) is 11.6 Å². The summed E-state index contributed by atoms with van der Waals surface area (Å²) in [6.45, 7) is 7.15. The summed E-state index contributed by atoms with van der Waals surface area (Å²) in [6.07, 6.45) is 1.82. The maximum absolute atomic E-state index is 13.1. The minimum Gasteiger partial charge on any atom is -0.378 e. The number of pyridine rings is 1. The summed E-state index contributed by atoms with van der Waals surface area (Å²) in [5, 5.41) is 3.33. The number of rotatable bonds is 6. The van der Waals surface area contributed by atoms with E-state index in [0.717, 1.165) is 55.8 Å². The molecule has 0 radical (unpaired) electrons. The molecule has 1 fully saturated rings. The van der Waals surface area contributed by atoms with Gasteiger partial charge in [0.2, 0.25) is 0 Å². The normalized spacial score (nSPS) is 14.3. The number of morpholine rings is 1.